The van der Waals surface area contributed by atoms with Gasteiger partial charge in [0.2, 0.25) is 0 Å². The molecule has 0 N–H and O–H groups in total. The van der Waals surface area contributed by atoms with Crippen LogP contribution in [-0.4, -0.2) is 12.6 Å². The summed E-state index contributed by atoms with van der Waals surface area (Å²) in [5.74, 6) is 0. The second-order valence-corrected chi connectivity index (χ2v) is 2.72. The Hall–Kier alpha value is -1.96. The molecule has 1 aromatic rings. The lowest BCUT2D eigenvalue weighted by atomic mass is 10.1. The number of hydrogen-bond acceptors (Lipinski definition) is 2. The van der Waals surface area contributed by atoms with E-state index < -0.39 is 0 Å². The maximum absolute atomic E-state index is 10.1. The van der Waals surface area contributed by atoms with Crippen LogP contribution in [-0.2, 0) is 9.59 Å². The summed E-state index contributed by atoms with van der Waals surface area (Å²) < 4.78 is 0. The lowest BCUT2D eigenvalue weighted by molar-refractivity contribution is -0.104. The Balaban J connectivity index is 0.000000423. The lowest BCUT2D eigenvalue weighted by Gasteiger charge is -1.96. The van der Waals surface area contributed by atoms with E-state index in [0.29, 0.717) is 6.29 Å². The first-order valence-corrected chi connectivity index (χ1v) is 4.50. The van der Waals surface area contributed by atoms with Gasteiger partial charge in [0, 0.05) is 0 Å². The van der Waals surface area contributed by atoms with Gasteiger partial charge in [0.25, 0.3) is 0 Å². The third-order valence-electron chi connectivity index (χ3n) is 1.64. The van der Waals surface area contributed by atoms with E-state index in [1.54, 1.807) is 6.08 Å². The molecule has 0 heterocycles. The Kier molecular flexibility index (Phi) is 7.50. The van der Waals surface area contributed by atoms with Crippen molar-refractivity contribution in [1.82, 2.24) is 0 Å². The quantitative estimate of drug-likeness (QED) is 0.557. The molecule has 15 heavy (non-hydrogen) atoms. The van der Waals surface area contributed by atoms with Gasteiger partial charge >= 0.3 is 0 Å². The Labute approximate surface area is 89.9 Å². The minimum Gasteiger partial charge on any atom is -0.299 e. The van der Waals surface area contributed by atoms with E-state index in [4.69, 9.17) is 4.79 Å². The first-order valence-electron chi connectivity index (χ1n) is 4.50. The van der Waals surface area contributed by atoms with Gasteiger partial charge in [-0.1, -0.05) is 36.9 Å². The molecular formula is C13H14O2. The largest absolute Gasteiger partial charge is 0.299 e. The summed E-state index contributed by atoms with van der Waals surface area (Å²) in [6, 6.07) is 9.83. The Morgan fingerprint density at radius 2 is 1.67 bits per heavy atom. The first-order chi connectivity index (χ1) is 7.26. The smallest absolute Gasteiger partial charge is 0.143 e. The van der Waals surface area contributed by atoms with E-state index in [0.717, 1.165) is 17.4 Å². The molecule has 0 aliphatic carbocycles. The monoisotopic (exact) mass is 202 g/mol. The summed E-state index contributed by atoms with van der Waals surface area (Å²) in [7, 11) is 0. The highest BCUT2D eigenvalue weighted by Crippen LogP contribution is 2.10. The van der Waals surface area contributed by atoms with Crippen LogP contribution in [0.3, 0.4) is 0 Å². The van der Waals surface area contributed by atoms with Crippen molar-refractivity contribution in [2.24, 2.45) is 0 Å². The van der Waals surface area contributed by atoms with Crippen molar-refractivity contribution in [3.8, 4) is 0 Å². The van der Waals surface area contributed by atoms with Crippen LogP contribution in [0.4, 0.5) is 0 Å². The van der Waals surface area contributed by atoms with Crippen molar-refractivity contribution in [2.75, 3.05) is 0 Å². The molecule has 0 aliphatic heterocycles. The normalized spacial score (nSPS) is 9.53. The average molecular weight is 202 g/mol. The third kappa shape index (κ3) is 6.16. The molecule has 0 bridgehead atoms. The van der Waals surface area contributed by atoms with Crippen LogP contribution < -0.4 is 0 Å². The molecular weight excluding hydrogens is 188 g/mol. The fourth-order valence-electron chi connectivity index (χ4n) is 0.899. The number of rotatable bonds is 3. The highest BCUT2D eigenvalue weighted by Gasteiger charge is 1.90. The highest BCUT2D eigenvalue weighted by molar-refractivity contribution is 5.80. The number of benzene rings is 1. The maximum Gasteiger partial charge on any atom is 0.143 e. The van der Waals surface area contributed by atoms with Crippen molar-refractivity contribution in [1.29, 1.82) is 0 Å². The van der Waals surface area contributed by atoms with Crippen molar-refractivity contribution in [3.05, 3.63) is 54.6 Å². The van der Waals surface area contributed by atoms with Crippen molar-refractivity contribution >= 4 is 18.1 Å². The third-order valence-corrected chi connectivity index (χ3v) is 1.64. The van der Waals surface area contributed by atoms with Gasteiger partial charge in [0.05, 0.1) is 0 Å². The molecule has 78 valence electrons. The number of aldehydes is 2. The predicted molar refractivity (Wildman–Crippen MR) is 62.4 cm³/mol. The highest BCUT2D eigenvalue weighted by atomic mass is 16.1. The fraction of sp³-hybridized carbons (Fsp3) is 0.0769. The minimum atomic E-state index is 0.639. The maximum atomic E-state index is 10.1. The van der Waals surface area contributed by atoms with Crippen LogP contribution in [0, 0.1) is 0 Å². The summed E-state index contributed by atoms with van der Waals surface area (Å²) in [6.45, 7) is 5.03. The molecule has 0 fully saturated rings. The average Bonchev–Trinajstić information content (AvgIpc) is 2.31. The molecule has 0 aromatic heterocycles. The van der Waals surface area contributed by atoms with Crippen molar-refractivity contribution in [2.45, 2.75) is 6.92 Å². The van der Waals surface area contributed by atoms with E-state index in [1.807, 2.05) is 37.3 Å². The summed E-state index contributed by atoms with van der Waals surface area (Å²) in [6.07, 6.45) is 4.21. The van der Waals surface area contributed by atoms with Crippen molar-refractivity contribution < 1.29 is 9.59 Å². The zero-order chi connectivity index (χ0) is 11.5. The molecule has 1 aromatic carbocycles. The van der Waals surface area contributed by atoms with Crippen LogP contribution in [0.2, 0.25) is 0 Å². The zero-order valence-corrected chi connectivity index (χ0v) is 8.72. The van der Waals surface area contributed by atoms with E-state index >= 15 is 0 Å². The Morgan fingerprint density at radius 3 is 2.07 bits per heavy atom. The van der Waals surface area contributed by atoms with E-state index in [2.05, 4.69) is 6.58 Å². The molecule has 0 saturated heterocycles. The predicted octanol–water partition coefficient (Wildman–Crippen LogP) is 2.66. The zero-order valence-electron chi connectivity index (χ0n) is 8.72. The molecule has 0 unspecified atom stereocenters. The SMILES string of the molecule is C=CC=O.CC(=CC=O)c1ccccc1. The molecule has 0 aliphatic rings. The molecule has 2 nitrogen and oxygen atoms in total. The van der Waals surface area contributed by atoms with Crippen LogP contribution >= 0.6 is 0 Å². The summed E-state index contributed by atoms with van der Waals surface area (Å²) in [5, 5.41) is 0. The van der Waals surface area contributed by atoms with Crippen LogP contribution in [0.15, 0.2) is 49.1 Å². The molecule has 0 amide bonds. The van der Waals surface area contributed by atoms with Gasteiger partial charge in [0.15, 0.2) is 0 Å². The summed E-state index contributed by atoms with van der Waals surface area (Å²) in [4.78, 5) is 19.2. The van der Waals surface area contributed by atoms with E-state index in [9.17, 15) is 4.79 Å². The van der Waals surface area contributed by atoms with Gasteiger partial charge in [-0.05, 0) is 30.2 Å². The number of carbonyl (C=O) groups excluding carboxylic acids is 2. The number of carbonyl (C=O) groups is 2. The minimum absolute atomic E-state index is 0.639. The van der Waals surface area contributed by atoms with Crippen LogP contribution in [0.1, 0.15) is 12.5 Å². The van der Waals surface area contributed by atoms with Crippen LogP contribution in [0.25, 0.3) is 5.57 Å². The molecule has 1 rings (SSSR count). The summed E-state index contributed by atoms with van der Waals surface area (Å²) >= 11 is 0. The molecule has 0 radical (unpaired) electrons. The molecule has 0 atom stereocenters. The van der Waals surface area contributed by atoms with E-state index in [-0.39, 0.29) is 0 Å². The van der Waals surface area contributed by atoms with Gasteiger partial charge in [-0.15, -0.1) is 0 Å². The Bertz CT molecular complexity index is 331. The second-order valence-electron chi connectivity index (χ2n) is 2.72. The van der Waals surface area contributed by atoms with E-state index in [1.165, 1.54) is 6.08 Å². The number of hydrogen-bond donors (Lipinski definition) is 0. The molecule has 0 spiro atoms. The summed E-state index contributed by atoms with van der Waals surface area (Å²) in [5.41, 5.74) is 2.10. The fourth-order valence-corrected chi connectivity index (χ4v) is 0.899. The lowest BCUT2D eigenvalue weighted by Crippen LogP contribution is -1.77. The van der Waals surface area contributed by atoms with Gasteiger partial charge < -0.3 is 0 Å². The van der Waals surface area contributed by atoms with Crippen LogP contribution in [0.5, 0.6) is 0 Å². The molecule has 2 heteroatoms. The first kappa shape index (κ1) is 13.0. The Morgan fingerprint density at radius 1 is 1.13 bits per heavy atom. The standard InChI is InChI=1S/C10H10O.C3H4O/c1-9(7-8-11)10-5-3-2-4-6-10;1-2-3-4/h2-8H,1H3;2-3H,1H2. The second kappa shape index (κ2) is 8.63. The van der Waals surface area contributed by atoms with Gasteiger partial charge in [-0.2, -0.15) is 0 Å². The molecule has 0 saturated carbocycles. The van der Waals surface area contributed by atoms with Crippen molar-refractivity contribution in [3.63, 3.8) is 0 Å². The number of allylic oxidation sites excluding steroid dienone is 3. The van der Waals surface area contributed by atoms with Gasteiger partial charge in [-0.3, -0.25) is 9.59 Å². The van der Waals surface area contributed by atoms with Gasteiger partial charge in [0.1, 0.15) is 12.6 Å². The van der Waals surface area contributed by atoms with Gasteiger partial charge in [-0.25, -0.2) is 0 Å². The topological polar surface area (TPSA) is 34.1 Å².